The number of aliphatic imine (C=N–C) groups is 1. The van der Waals surface area contributed by atoms with E-state index in [0.29, 0.717) is 0 Å². The van der Waals surface area contributed by atoms with Gasteiger partial charge in [-0.25, -0.2) is 4.99 Å². The summed E-state index contributed by atoms with van der Waals surface area (Å²) in [6.07, 6.45) is 9.89. The van der Waals surface area contributed by atoms with Crippen molar-refractivity contribution >= 4 is 6.34 Å². The summed E-state index contributed by atoms with van der Waals surface area (Å²) < 4.78 is 0. The molecular weight excluding hydrogens is 148 g/mol. The van der Waals surface area contributed by atoms with Crippen LogP contribution in [0.4, 0.5) is 0 Å². The van der Waals surface area contributed by atoms with Crippen molar-refractivity contribution in [1.29, 1.82) is 0 Å². The van der Waals surface area contributed by atoms with Crippen molar-refractivity contribution in [3.05, 3.63) is 36.1 Å². The summed E-state index contributed by atoms with van der Waals surface area (Å²) in [5, 5.41) is 2.87. The molecule has 0 aromatic rings. The summed E-state index contributed by atoms with van der Waals surface area (Å²) >= 11 is 0. The molecule has 0 unspecified atom stereocenters. The van der Waals surface area contributed by atoms with Crippen LogP contribution in [-0.4, -0.2) is 13.4 Å². The lowest BCUT2D eigenvalue weighted by molar-refractivity contribution is 0.963. The van der Waals surface area contributed by atoms with Gasteiger partial charge in [0.2, 0.25) is 0 Å². The van der Waals surface area contributed by atoms with E-state index in [0.717, 1.165) is 18.5 Å². The molecule has 1 rings (SSSR count). The van der Waals surface area contributed by atoms with Gasteiger partial charge < -0.3 is 5.32 Å². The van der Waals surface area contributed by atoms with Gasteiger partial charge in [-0.05, 0) is 24.5 Å². The summed E-state index contributed by atoms with van der Waals surface area (Å²) in [4.78, 5) is 4.24. The molecule has 1 aliphatic rings. The zero-order valence-corrected chi connectivity index (χ0v) is 7.38. The fourth-order valence-electron chi connectivity index (χ4n) is 1.14. The van der Waals surface area contributed by atoms with E-state index in [2.05, 4.69) is 23.0 Å². The molecule has 0 saturated heterocycles. The Kier molecular flexibility index (Phi) is 3.33. The SMILES string of the molecule is C=CC1=C(/N=C\NC)C=CCC1. The van der Waals surface area contributed by atoms with E-state index in [9.17, 15) is 0 Å². The quantitative estimate of drug-likeness (QED) is 0.498. The third-order valence-corrected chi connectivity index (χ3v) is 1.76. The Bertz CT molecular complexity index is 247. The zero-order chi connectivity index (χ0) is 8.81. The molecule has 0 aromatic heterocycles. The predicted molar refractivity (Wildman–Crippen MR) is 53.1 cm³/mol. The topological polar surface area (TPSA) is 24.4 Å². The van der Waals surface area contributed by atoms with Crippen molar-refractivity contribution in [3.8, 4) is 0 Å². The average Bonchev–Trinajstić information content (AvgIpc) is 2.15. The summed E-state index contributed by atoms with van der Waals surface area (Å²) in [6, 6.07) is 0. The number of rotatable bonds is 3. The molecule has 12 heavy (non-hydrogen) atoms. The zero-order valence-electron chi connectivity index (χ0n) is 7.38. The third kappa shape index (κ3) is 2.09. The lowest BCUT2D eigenvalue weighted by atomic mass is 10.0. The maximum Gasteiger partial charge on any atom is 0.0883 e. The first-order chi connectivity index (χ1) is 5.88. The molecule has 1 N–H and O–H groups in total. The summed E-state index contributed by atoms with van der Waals surface area (Å²) in [5.74, 6) is 0. The molecule has 0 atom stereocenters. The van der Waals surface area contributed by atoms with Crippen molar-refractivity contribution in [2.45, 2.75) is 12.8 Å². The van der Waals surface area contributed by atoms with Gasteiger partial charge in [-0.3, -0.25) is 0 Å². The van der Waals surface area contributed by atoms with E-state index in [4.69, 9.17) is 0 Å². The summed E-state index contributed by atoms with van der Waals surface area (Å²) in [7, 11) is 1.84. The second-order valence-electron chi connectivity index (χ2n) is 2.60. The van der Waals surface area contributed by atoms with E-state index in [1.165, 1.54) is 5.57 Å². The molecule has 0 fully saturated rings. The van der Waals surface area contributed by atoms with Gasteiger partial charge in [-0.15, -0.1) is 0 Å². The molecule has 0 spiro atoms. The monoisotopic (exact) mass is 162 g/mol. The van der Waals surface area contributed by atoms with Crippen LogP contribution in [-0.2, 0) is 0 Å². The molecule has 0 heterocycles. The number of hydrogen-bond donors (Lipinski definition) is 1. The van der Waals surface area contributed by atoms with Crippen LogP contribution in [0.5, 0.6) is 0 Å². The Morgan fingerprint density at radius 1 is 1.67 bits per heavy atom. The Morgan fingerprint density at radius 2 is 2.50 bits per heavy atom. The number of nitrogens with zero attached hydrogens (tertiary/aromatic N) is 1. The van der Waals surface area contributed by atoms with Gasteiger partial charge in [-0.1, -0.05) is 18.7 Å². The van der Waals surface area contributed by atoms with Crippen molar-refractivity contribution in [2.75, 3.05) is 7.05 Å². The lowest BCUT2D eigenvalue weighted by Gasteiger charge is -2.07. The fraction of sp³-hybridized carbons (Fsp3) is 0.300. The van der Waals surface area contributed by atoms with Crippen molar-refractivity contribution in [1.82, 2.24) is 5.32 Å². The van der Waals surface area contributed by atoms with E-state index < -0.39 is 0 Å². The highest BCUT2D eigenvalue weighted by Gasteiger charge is 2.02. The lowest BCUT2D eigenvalue weighted by Crippen LogP contribution is -2.01. The Morgan fingerprint density at radius 3 is 3.17 bits per heavy atom. The molecule has 0 aromatic carbocycles. The van der Waals surface area contributed by atoms with Gasteiger partial charge in [0.05, 0.1) is 12.0 Å². The molecule has 0 saturated carbocycles. The Balaban J connectivity index is 2.81. The van der Waals surface area contributed by atoms with Gasteiger partial charge in [0.15, 0.2) is 0 Å². The molecule has 2 heteroatoms. The minimum Gasteiger partial charge on any atom is -0.379 e. The predicted octanol–water partition coefficient (Wildman–Crippen LogP) is 2.02. The number of hydrogen-bond acceptors (Lipinski definition) is 1. The van der Waals surface area contributed by atoms with Crippen LogP contribution in [0.15, 0.2) is 41.1 Å². The normalized spacial score (nSPS) is 17.1. The first-order valence-electron chi connectivity index (χ1n) is 4.10. The van der Waals surface area contributed by atoms with E-state index >= 15 is 0 Å². The second-order valence-corrected chi connectivity index (χ2v) is 2.60. The highest BCUT2D eigenvalue weighted by atomic mass is 14.9. The van der Waals surface area contributed by atoms with Crippen LogP contribution in [0, 0.1) is 0 Å². The van der Waals surface area contributed by atoms with Gasteiger partial charge in [0, 0.05) is 7.05 Å². The van der Waals surface area contributed by atoms with Crippen LogP contribution in [0.25, 0.3) is 0 Å². The molecule has 64 valence electrons. The largest absolute Gasteiger partial charge is 0.379 e. The number of nitrogens with one attached hydrogen (secondary N) is 1. The third-order valence-electron chi connectivity index (χ3n) is 1.76. The Hall–Kier alpha value is -1.31. The van der Waals surface area contributed by atoms with E-state index in [-0.39, 0.29) is 0 Å². The van der Waals surface area contributed by atoms with Crippen molar-refractivity contribution in [3.63, 3.8) is 0 Å². The number of allylic oxidation sites excluding steroid dienone is 4. The molecule has 0 amide bonds. The van der Waals surface area contributed by atoms with Gasteiger partial charge in [0.1, 0.15) is 0 Å². The minimum absolute atomic E-state index is 1.02. The first-order valence-corrected chi connectivity index (χ1v) is 4.10. The maximum absolute atomic E-state index is 4.24. The van der Waals surface area contributed by atoms with Gasteiger partial charge >= 0.3 is 0 Å². The van der Waals surface area contributed by atoms with Crippen molar-refractivity contribution < 1.29 is 0 Å². The molecular formula is C10H14N2. The summed E-state index contributed by atoms with van der Waals surface area (Å²) in [5.41, 5.74) is 2.24. The molecule has 1 aliphatic carbocycles. The molecule has 2 nitrogen and oxygen atoms in total. The maximum atomic E-state index is 4.24. The minimum atomic E-state index is 1.02. The Labute approximate surface area is 73.4 Å². The van der Waals surface area contributed by atoms with Gasteiger partial charge in [-0.2, -0.15) is 0 Å². The van der Waals surface area contributed by atoms with Crippen LogP contribution >= 0.6 is 0 Å². The fourth-order valence-corrected chi connectivity index (χ4v) is 1.14. The van der Waals surface area contributed by atoms with Crippen molar-refractivity contribution in [2.24, 2.45) is 4.99 Å². The molecule has 0 aliphatic heterocycles. The summed E-state index contributed by atoms with van der Waals surface area (Å²) in [6.45, 7) is 3.76. The highest BCUT2D eigenvalue weighted by molar-refractivity contribution is 5.57. The standard InChI is InChI=1S/C10H14N2/c1-3-9-6-4-5-7-10(9)12-8-11-2/h3,5,7-8H,1,4,6H2,2H3,(H,11,12). The second kappa shape index (κ2) is 4.54. The van der Waals surface area contributed by atoms with E-state index in [1.807, 2.05) is 19.2 Å². The van der Waals surface area contributed by atoms with Crippen LogP contribution in [0.2, 0.25) is 0 Å². The highest BCUT2D eigenvalue weighted by Crippen LogP contribution is 2.19. The van der Waals surface area contributed by atoms with Crippen LogP contribution < -0.4 is 5.32 Å². The molecule has 0 bridgehead atoms. The van der Waals surface area contributed by atoms with E-state index in [1.54, 1.807) is 6.34 Å². The first kappa shape index (κ1) is 8.78. The van der Waals surface area contributed by atoms with Gasteiger partial charge in [0.25, 0.3) is 0 Å². The van der Waals surface area contributed by atoms with Crippen LogP contribution in [0.3, 0.4) is 0 Å². The average molecular weight is 162 g/mol. The smallest absolute Gasteiger partial charge is 0.0883 e. The van der Waals surface area contributed by atoms with Crippen LogP contribution in [0.1, 0.15) is 12.8 Å². The molecule has 0 radical (unpaired) electrons.